The van der Waals surface area contributed by atoms with Crippen molar-refractivity contribution in [3.8, 4) is 33.6 Å². The molecule has 0 unspecified atom stereocenters. The summed E-state index contributed by atoms with van der Waals surface area (Å²) in [6, 6.07) is 45.1. The Hall–Kier alpha value is -6.58. The van der Waals surface area contributed by atoms with Crippen molar-refractivity contribution >= 4 is 49.3 Å². The third-order valence-corrected chi connectivity index (χ3v) is 11.8. The van der Waals surface area contributed by atoms with Crippen molar-refractivity contribution in [2.75, 3.05) is 0 Å². The van der Waals surface area contributed by atoms with Crippen LogP contribution in [0.4, 0.5) is 18.9 Å². The van der Waals surface area contributed by atoms with Crippen LogP contribution in [0.25, 0.3) is 82.1 Å². The molecule has 292 valence electrons. The Bertz CT molecular complexity index is 3190. The van der Waals surface area contributed by atoms with Crippen molar-refractivity contribution in [1.82, 2.24) is 9.13 Å². The van der Waals surface area contributed by atoms with Crippen molar-refractivity contribution in [1.29, 1.82) is 0 Å². The Morgan fingerprint density at radius 2 is 0.949 bits per heavy atom. The van der Waals surface area contributed by atoms with E-state index in [1.165, 1.54) is 17.2 Å². The number of para-hydroxylation sites is 2. The summed E-state index contributed by atoms with van der Waals surface area (Å²) < 4.78 is 50.0. The van der Waals surface area contributed by atoms with Crippen molar-refractivity contribution in [2.45, 2.75) is 65.5 Å². The molecule has 0 amide bonds. The molecule has 0 bridgehead atoms. The van der Waals surface area contributed by atoms with E-state index in [4.69, 9.17) is 6.57 Å². The number of hydrogen-bond donors (Lipinski definition) is 0. The van der Waals surface area contributed by atoms with E-state index in [1.807, 2.05) is 48.5 Å². The molecule has 3 nitrogen and oxygen atoms in total. The highest BCUT2D eigenvalue weighted by Gasteiger charge is 2.36. The summed E-state index contributed by atoms with van der Waals surface area (Å²) in [5, 5.41) is 4.20. The average Bonchev–Trinajstić information content (AvgIpc) is 3.71. The van der Waals surface area contributed by atoms with Crippen molar-refractivity contribution in [3.05, 3.63) is 173 Å². The molecule has 0 aliphatic heterocycles. The first-order valence-corrected chi connectivity index (χ1v) is 20.0. The minimum Gasteiger partial charge on any atom is -0.310 e. The monoisotopic (exact) mass is 779 g/mol. The second-order valence-corrected chi connectivity index (χ2v) is 17.6. The van der Waals surface area contributed by atoms with Gasteiger partial charge in [0.25, 0.3) is 0 Å². The van der Waals surface area contributed by atoms with Crippen LogP contribution in [-0.4, -0.2) is 9.13 Å². The number of benzene rings is 7. The van der Waals surface area contributed by atoms with Crippen LogP contribution in [0.1, 0.15) is 63.8 Å². The van der Waals surface area contributed by atoms with Crippen LogP contribution in [0, 0.1) is 13.5 Å². The predicted octanol–water partition coefficient (Wildman–Crippen LogP) is 15.7. The molecule has 7 aromatic carbocycles. The summed E-state index contributed by atoms with van der Waals surface area (Å²) in [6.07, 6.45) is -4.63. The van der Waals surface area contributed by atoms with E-state index in [1.54, 1.807) is 25.1 Å². The fourth-order valence-corrected chi connectivity index (χ4v) is 8.92. The highest BCUT2D eigenvalue weighted by Crippen LogP contribution is 2.51. The number of alkyl halides is 3. The molecule has 2 heterocycles. The Balaban J connectivity index is 1.49. The van der Waals surface area contributed by atoms with Gasteiger partial charge in [-0.1, -0.05) is 126 Å². The highest BCUT2D eigenvalue weighted by molar-refractivity contribution is 6.13. The van der Waals surface area contributed by atoms with Crippen LogP contribution < -0.4 is 0 Å². The maximum atomic E-state index is 15.2. The molecule has 0 radical (unpaired) electrons. The van der Waals surface area contributed by atoms with Gasteiger partial charge in [-0.3, -0.25) is 0 Å². The summed E-state index contributed by atoms with van der Waals surface area (Å²) in [4.78, 5) is 4.14. The molecule has 0 atom stereocenters. The summed E-state index contributed by atoms with van der Waals surface area (Å²) in [7, 11) is 0. The van der Waals surface area contributed by atoms with E-state index in [2.05, 4.69) is 116 Å². The zero-order valence-electron chi connectivity index (χ0n) is 34.3. The number of fused-ring (bicyclic) bond motifs is 6. The third-order valence-electron chi connectivity index (χ3n) is 11.8. The van der Waals surface area contributed by atoms with Gasteiger partial charge in [-0.2, -0.15) is 13.2 Å². The van der Waals surface area contributed by atoms with Gasteiger partial charge in [-0.25, -0.2) is 4.85 Å². The average molecular weight is 780 g/mol. The van der Waals surface area contributed by atoms with Gasteiger partial charge in [0.15, 0.2) is 5.69 Å². The SMILES string of the molecule is [C-]#[N+]c1cccc(-n2c3ccccc3c3cc(C(C)(C)C)ccc32)c1-c1c(-c2c(C)cccc2C(F)(F)F)cccc1-n1c2ccccc2c2cc(C(C)(C)C)ccc21. The quantitative estimate of drug-likeness (QED) is 0.158. The zero-order chi connectivity index (χ0) is 41.6. The third kappa shape index (κ3) is 6.11. The lowest BCUT2D eigenvalue weighted by atomic mass is 9.86. The molecule has 0 aliphatic carbocycles. The first kappa shape index (κ1) is 38.0. The van der Waals surface area contributed by atoms with Gasteiger partial charge in [0.2, 0.25) is 0 Å². The summed E-state index contributed by atoms with van der Waals surface area (Å²) in [6.45, 7) is 23.6. The Morgan fingerprint density at radius 3 is 1.46 bits per heavy atom. The van der Waals surface area contributed by atoms with Gasteiger partial charge >= 0.3 is 6.18 Å². The minimum atomic E-state index is -4.63. The Labute approximate surface area is 342 Å². The lowest BCUT2D eigenvalue weighted by Crippen LogP contribution is -2.11. The van der Waals surface area contributed by atoms with Crippen LogP contribution in [0.15, 0.2) is 140 Å². The molecular formula is C53H44F3N3. The number of halogens is 3. The maximum absolute atomic E-state index is 15.2. The highest BCUT2D eigenvalue weighted by atomic mass is 19.4. The summed E-state index contributed by atoms with van der Waals surface area (Å²) >= 11 is 0. The molecule has 0 saturated carbocycles. The van der Waals surface area contributed by atoms with Crippen molar-refractivity contribution in [3.63, 3.8) is 0 Å². The predicted molar refractivity (Wildman–Crippen MR) is 239 cm³/mol. The van der Waals surface area contributed by atoms with Gasteiger partial charge in [-0.05, 0) is 100 Å². The topological polar surface area (TPSA) is 14.2 Å². The van der Waals surface area contributed by atoms with E-state index >= 15 is 13.2 Å². The smallest absolute Gasteiger partial charge is 0.310 e. The van der Waals surface area contributed by atoms with E-state index in [0.717, 1.165) is 49.7 Å². The van der Waals surface area contributed by atoms with E-state index < -0.39 is 11.7 Å². The first-order valence-electron chi connectivity index (χ1n) is 20.0. The normalized spacial score (nSPS) is 12.6. The maximum Gasteiger partial charge on any atom is 0.417 e. The molecule has 9 aromatic rings. The number of hydrogen-bond acceptors (Lipinski definition) is 0. The molecule has 6 heteroatoms. The second kappa shape index (κ2) is 13.5. The van der Waals surface area contributed by atoms with E-state index in [-0.39, 0.29) is 16.4 Å². The molecule has 0 saturated heterocycles. The fraction of sp³-hybridized carbons (Fsp3) is 0.189. The van der Waals surface area contributed by atoms with Gasteiger partial charge in [0.05, 0.1) is 39.9 Å². The lowest BCUT2D eigenvalue weighted by molar-refractivity contribution is -0.137. The van der Waals surface area contributed by atoms with Crippen LogP contribution in [0.3, 0.4) is 0 Å². The van der Waals surface area contributed by atoms with Crippen molar-refractivity contribution < 1.29 is 13.2 Å². The lowest BCUT2D eigenvalue weighted by Gasteiger charge is -2.25. The standard InChI is InChI=1S/C53H44F3N3/c1-32-16-13-20-40(53(54,55)56)48(32)37-19-14-24-46(58-42-22-11-9-17-35(42)38-30-33(51(2,3)4)26-28-44(38)58)49(37)50-41(57-8)21-15-25-47(50)59-43-23-12-10-18-36(43)39-31-34(52(5,6)7)27-29-45(39)59/h9-31H,1-7H3. The van der Waals surface area contributed by atoms with Gasteiger partial charge in [0, 0.05) is 38.4 Å². The summed E-state index contributed by atoms with van der Waals surface area (Å²) in [5.41, 5.74) is 8.99. The molecule has 0 spiro atoms. The largest absolute Gasteiger partial charge is 0.417 e. The molecule has 0 fully saturated rings. The zero-order valence-corrected chi connectivity index (χ0v) is 34.3. The van der Waals surface area contributed by atoms with Gasteiger partial charge in [0.1, 0.15) is 0 Å². The fourth-order valence-electron chi connectivity index (χ4n) is 8.92. The number of aryl methyl sites for hydroxylation is 1. The molecule has 0 N–H and O–H groups in total. The Kier molecular flexibility index (Phi) is 8.68. The summed E-state index contributed by atoms with van der Waals surface area (Å²) in [5.74, 6) is 0. The number of aromatic nitrogens is 2. The molecule has 0 aliphatic rings. The van der Waals surface area contributed by atoms with Gasteiger partial charge in [-0.15, -0.1) is 0 Å². The van der Waals surface area contributed by atoms with Gasteiger partial charge < -0.3 is 9.13 Å². The first-order chi connectivity index (χ1) is 28.1. The van der Waals surface area contributed by atoms with Crippen LogP contribution in [0.5, 0.6) is 0 Å². The van der Waals surface area contributed by atoms with E-state index in [9.17, 15) is 0 Å². The molecular weight excluding hydrogens is 736 g/mol. The van der Waals surface area contributed by atoms with Crippen molar-refractivity contribution in [2.24, 2.45) is 0 Å². The van der Waals surface area contributed by atoms with Crippen LogP contribution in [0.2, 0.25) is 0 Å². The molecule has 2 aromatic heterocycles. The van der Waals surface area contributed by atoms with Crippen LogP contribution >= 0.6 is 0 Å². The van der Waals surface area contributed by atoms with Crippen LogP contribution in [-0.2, 0) is 17.0 Å². The van der Waals surface area contributed by atoms with E-state index in [0.29, 0.717) is 39.3 Å². The Morgan fingerprint density at radius 1 is 0.475 bits per heavy atom. The second-order valence-electron chi connectivity index (χ2n) is 17.6. The molecule has 59 heavy (non-hydrogen) atoms. The number of rotatable bonds is 4. The molecule has 9 rings (SSSR count). The number of nitrogens with zero attached hydrogens (tertiary/aromatic N) is 3. The minimum absolute atomic E-state index is 0.0930.